The summed E-state index contributed by atoms with van der Waals surface area (Å²) >= 11 is 0. The highest BCUT2D eigenvalue weighted by Crippen LogP contribution is 2.25. The lowest BCUT2D eigenvalue weighted by molar-refractivity contribution is 0.388. The van der Waals surface area contributed by atoms with Gasteiger partial charge in [0, 0.05) is 17.8 Å². The van der Waals surface area contributed by atoms with Gasteiger partial charge in [-0.3, -0.25) is 0 Å². The number of ether oxygens (including phenoxy) is 1. The highest BCUT2D eigenvalue weighted by Gasteiger charge is 2.01. The van der Waals surface area contributed by atoms with E-state index in [0.29, 0.717) is 18.0 Å². The molecule has 84 valence electrons. The summed E-state index contributed by atoms with van der Waals surface area (Å²) in [6, 6.07) is 7.32. The molecule has 0 bridgehead atoms. The number of nitrogens with one attached hydrogen (secondary N) is 1. The van der Waals surface area contributed by atoms with Crippen molar-refractivity contribution in [1.82, 2.24) is 5.16 Å². The van der Waals surface area contributed by atoms with E-state index in [1.165, 1.54) is 0 Å². The molecule has 0 amide bonds. The summed E-state index contributed by atoms with van der Waals surface area (Å²) < 4.78 is 10.1. The number of methoxy groups -OCH3 is 1. The molecular weight excluding hydrogens is 206 g/mol. The SMILES string of the molecule is COc1cc(NCc2ccno2)ccc1N. The van der Waals surface area contributed by atoms with Crippen LogP contribution in [-0.4, -0.2) is 12.3 Å². The molecule has 0 fully saturated rings. The van der Waals surface area contributed by atoms with E-state index in [0.717, 1.165) is 11.4 Å². The van der Waals surface area contributed by atoms with Crippen molar-refractivity contribution >= 4 is 11.4 Å². The van der Waals surface area contributed by atoms with Gasteiger partial charge in [0.15, 0.2) is 5.76 Å². The zero-order valence-electron chi connectivity index (χ0n) is 8.93. The fraction of sp³-hybridized carbons (Fsp3) is 0.182. The lowest BCUT2D eigenvalue weighted by Crippen LogP contribution is -1.99. The van der Waals surface area contributed by atoms with Gasteiger partial charge in [0.1, 0.15) is 5.75 Å². The van der Waals surface area contributed by atoms with Crippen molar-refractivity contribution in [3.63, 3.8) is 0 Å². The summed E-state index contributed by atoms with van der Waals surface area (Å²) in [7, 11) is 1.59. The first-order valence-corrected chi connectivity index (χ1v) is 4.86. The Kier molecular flexibility index (Phi) is 2.95. The summed E-state index contributed by atoms with van der Waals surface area (Å²) in [5.74, 6) is 1.43. The molecule has 0 spiro atoms. The van der Waals surface area contributed by atoms with Crippen LogP contribution >= 0.6 is 0 Å². The summed E-state index contributed by atoms with van der Waals surface area (Å²) in [6.45, 7) is 0.576. The van der Waals surface area contributed by atoms with Crippen molar-refractivity contribution in [3.8, 4) is 5.75 Å². The summed E-state index contributed by atoms with van der Waals surface area (Å²) in [5, 5.41) is 6.80. The molecule has 0 aliphatic heterocycles. The van der Waals surface area contributed by atoms with Crippen LogP contribution in [0, 0.1) is 0 Å². The van der Waals surface area contributed by atoms with Gasteiger partial charge >= 0.3 is 0 Å². The smallest absolute Gasteiger partial charge is 0.155 e. The average Bonchev–Trinajstić information content (AvgIpc) is 2.81. The fourth-order valence-corrected chi connectivity index (χ4v) is 1.34. The van der Waals surface area contributed by atoms with Crippen LogP contribution in [0.15, 0.2) is 35.0 Å². The molecule has 0 saturated heterocycles. The Hall–Kier alpha value is -2.17. The number of nitrogens with two attached hydrogens (primary N) is 1. The Morgan fingerprint density at radius 1 is 1.44 bits per heavy atom. The molecule has 2 aromatic rings. The zero-order valence-corrected chi connectivity index (χ0v) is 8.93. The van der Waals surface area contributed by atoms with E-state index in [1.807, 2.05) is 18.2 Å². The first kappa shape index (κ1) is 10.4. The minimum atomic E-state index is 0.576. The highest BCUT2D eigenvalue weighted by molar-refractivity contribution is 5.61. The summed E-state index contributed by atoms with van der Waals surface area (Å²) in [4.78, 5) is 0. The third-order valence-electron chi connectivity index (χ3n) is 2.19. The third kappa shape index (κ3) is 2.25. The molecule has 5 heteroatoms. The maximum atomic E-state index is 5.71. The second-order valence-electron chi connectivity index (χ2n) is 3.29. The fourth-order valence-electron chi connectivity index (χ4n) is 1.34. The third-order valence-corrected chi connectivity index (χ3v) is 2.19. The molecule has 1 heterocycles. The Balaban J connectivity index is 2.04. The number of aromatic nitrogens is 1. The van der Waals surface area contributed by atoms with Gasteiger partial charge in [-0.15, -0.1) is 0 Å². The average molecular weight is 219 g/mol. The highest BCUT2D eigenvalue weighted by atomic mass is 16.5. The predicted molar refractivity (Wildman–Crippen MR) is 61.2 cm³/mol. The van der Waals surface area contributed by atoms with E-state index in [1.54, 1.807) is 19.4 Å². The first-order chi connectivity index (χ1) is 7.79. The first-order valence-electron chi connectivity index (χ1n) is 4.86. The molecule has 0 aliphatic carbocycles. The molecule has 0 radical (unpaired) electrons. The molecule has 0 unspecified atom stereocenters. The van der Waals surface area contributed by atoms with Gasteiger partial charge in [-0.25, -0.2) is 0 Å². The normalized spacial score (nSPS) is 10.1. The predicted octanol–water partition coefficient (Wildman–Crippen LogP) is 1.88. The molecule has 1 aromatic heterocycles. The minimum Gasteiger partial charge on any atom is -0.495 e. The van der Waals surface area contributed by atoms with E-state index in [-0.39, 0.29) is 0 Å². The molecule has 5 nitrogen and oxygen atoms in total. The van der Waals surface area contributed by atoms with Gasteiger partial charge in [0.2, 0.25) is 0 Å². The van der Waals surface area contributed by atoms with Crippen molar-refractivity contribution in [3.05, 3.63) is 36.2 Å². The van der Waals surface area contributed by atoms with Crippen molar-refractivity contribution in [2.45, 2.75) is 6.54 Å². The van der Waals surface area contributed by atoms with Crippen molar-refractivity contribution in [2.24, 2.45) is 0 Å². The maximum absolute atomic E-state index is 5.71. The Morgan fingerprint density at radius 3 is 3.00 bits per heavy atom. The van der Waals surface area contributed by atoms with Crippen LogP contribution in [0.1, 0.15) is 5.76 Å². The number of nitrogens with zero attached hydrogens (tertiary/aromatic N) is 1. The molecule has 3 N–H and O–H groups in total. The van der Waals surface area contributed by atoms with E-state index in [2.05, 4.69) is 10.5 Å². The molecule has 0 aliphatic rings. The minimum absolute atomic E-state index is 0.576. The second-order valence-corrected chi connectivity index (χ2v) is 3.29. The van der Waals surface area contributed by atoms with Crippen LogP contribution in [-0.2, 0) is 6.54 Å². The van der Waals surface area contributed by atoms with Gasteiger partial charge < -0.3 is 20.3 Å². The maximum Gasteiger partial charge on any atom is 0.155 e. The van der Waals surface area contributed by atoms with Gasteiger partial charge in [0.05, 0.1) is 25.5 Å². The van der Waals surface area contributed by atoms with E-state index in [9.17, 15) is 0 Å². The molecule has 0 saturated carbocycles. The standard InChI is InChI=1S/C11H13N3O2/c1-15-11-6-8(2-3-10(11)12)13-7-9-4-5-14-16-9/h2-6,13H,7,12H2,1H3. The number of rotatable bonds is 4. The van der Waals surface area contributed by atoms with E-state index in [4.69, 9.17) is 15.0 Å². The van der Waals surface area contributed by atoms with Gasteiger partial charge in [0.25, 0.3) is 0 Å². The van der Waals surface area contributed by atoms with Gasteiger partial charge in [-0.2, -0.15) is 0 Å². The quantitative estimate of drug-likeness (QED) is 0.768. The van der Waals surface area contributed by atoms with E-state index < -0.39 is 0 Å². The van der Waals surface area contributed by atoms with Gasteiger partial charge in [-0.1, -0.05) is 5.16 Å². The molecule has 16 heavy (non-hydrogen) atoms. The van der Waals surface area contributed by atoms with Crippen molar-refractivity contribution < 1.29 is 9.26 Å². The summed E-state index contributed by atoms with van der Waals surface area (Å²) in [6.07, 6.45) is 1.61. The Bertz CT molecular complexity index is 454. The number of benzene rings is 1. The lowest BCUT2D eigenvalue weighted by atomic mass is 10.2. The van der Waals surface area contributed by atoms with Crippen LogP contribution in [0.3, 0.4) is 0 Å². The van der Waals surface area contributed by atoms with Crippen LogP contribution in [0.5, 0.6) is 5.75 Å². The molecule has 2 rings (SSSR count). The monoisotopic (exact) mass is 219 g/mol. The number of hydrogen-bond acceptors (Lipinski definition) is 5. The van der Waals surface area contributed by atoms with Crippen molar-refractivity contribution in [2.75, 3.05) is 18.2 Å². The largest absolute Gasteiger partial charge is 0.495 e. The Morgan fingerprint density at radius 2 is 2.31 bits per heavy atom. The van der Waals surface area contributed by atoms with Crippen molar-refractivity contribution in [1.29, 1.82) is 0 Å². The molecular formula is C11H13N3O2. The van der Waals surface area contributed by atoms with Crippen LogP contribution in [0.4, 0.5) is 11.4 Å². The Labute approximate surface area is 93.2 Å². The van der Waals surface area contributed by atoms with Gasteiger partial charge in [-0.05, 0) is 12.1 Å². The molecule has 0 atom stereocenters. The number of hydrogen-bond donors (Lipinski definition) is 2. The van der Waals surface area contributed by atoms with Crippen LogP contribution in [0.25, 0.3) is 0 Å². The number of nitrogen functional groups attached to an aromatic ring is 1. The second kappa shape index (κ2) is 4.57. The topological polar surface area (TPSA) is 73.3 Å². The summed E-state index contributed by atoms with van der Waals surface area (Å²) in [5.41, 5.74) is 7.25. The lowest BCUT2D eigenvalue weighted by Gasteiger charge is -2.08. The molecule has 1 aromatic carbocycles. The number of anilines is 2. The van der Waals surface area contributed by atoms with Crippen LogP contribution < -0.4 is 15.8 Å². The van der Waals surface area contributed by atoms with Crippen LogP contribution in [0.2, 0.25) is 0 Å². The zero-order chi connectivity index (χ0) is 11.4. The van der Waals surface area contributed by atoms with E-state index >= 15 is 0 Å².